The number of ether oxygens (including phenoxy) is 3. The maximum atomic E-state index is 13.2. The average Bonchev–Trinajstić information content (AvgIpc) is 2.91. The second-order valence-corrected chi connectivity index (χ2v) is 6.91. The van der Waals surface area contributed by atoms with Gasteiger partial charge in [0.2, 0.25) is 0 Å². The number of methoxy groups -OCH3 is 3. The van der Waals surface area contributed by atoms with Gasteiger partial charge in [0.1, 0.15) is 11.3 Å². The number of urea groups is 1. The predicted molar refractivity (Wildman–Crippen MR) is 104 cm³/mol. The average molecular weight is 405 g/mol. The number of nitrogens with zero attached hydrogens (tertiary/aromatic N) is 1. The van der Waals surface area contributed by atoms with Crippen molar-refractivity contribution in [3.05, 3.63) is 52.5 Å². The SMILES string of the molecule is COc1ccc(Cl)cc1CN1C(=O)NC(C)(c2ccc(OC)c(OC)c2)C1=O. The molecule has 3 rings (SSSR count). The van der Waals surface area contributed by atoms with E-state index in [1.807, 2.05) is 0 Å². The molecule has 1 atom stereocenters. The highest BCUT2D eigenvalue weighted by molar-refractivity contribution is 6.30. The van der Waals surface area contributed by atoms with E-state index in [0.717, 1.165) is 4.90 Å². The summed E-state index contributed by atoms with van der Waals surface area (Å²) < 4.78 is 15.9. The monoisotopic (exact) mass is 404 g/mol. The van der Waals surface area contributed by atoms with Crippen LogP contribution in [0.15, 0.2) is 36.4 Å². The largest absolute Gasteiger partial charge is 0.496 e. The Morgan fingerprint density at radius 2 is 1.61 bits per heavy atom. The van der Waals surface area contributed by atoms with Crippen LogP contribution in [0.2, 0.25) is 5.02 Å². The second kappa shape index (κ2) is 7.59. The summed E-state index contributed by atoms with van der Waals surface area (Å²) in [6.07, 6.45) is 0. The summed E-state index contributed by atoms with van der Waals surface area (Å²) in [5.41, 5.74) is -0.0123. The van der Waals surface area contributed by atoms with Gasteiger partial charge in [0.15, 0.2) is 11.5 Å². The summed E-state index contributed by atoms with van der Waals surface area (Å²) in [5, 5.41) is 3.27. The van der Waals surface area contributed by atoms with Gasteiger partial charge in [0.05, 0.1) is 27.9 Å². The zero-order chi connectivity index (χ0) is 20.5. The van der Waals surface area contributed by atoms with Gasteiger partial charge in [-0.05, 0) is 42.8 Å². The lowest BCUT2D eigenvalue weighted by Crippen LogP contribution is -2.40. The first-order valence-electron chi connectivity index (χ1n) is 8.53. The van der Waals surface area contributed by atoms with Gasteiger partial charge < -0.3 is 19.5 Å². The van der Waals surface area contributed by atoms with Gasteiger partial charge in [-0.3, -0.25) is 9.69 Å². The van der Waals surface area contributed by atoms with Crippen molar-refractivity contribution in [3.8, 4) is 17.2 Å². The third-order valence-electron chi connectivity index (χ3n) is 4.81. The number of nitrogens with one attached hydrogen (secondary N) is 1. The number of imide groups is 1. The van der Waals surface area contributed by atoms with Gasteiger partial charge in [-0.1, -0.05) is 17.7 Å². The number of benzene rings is 2. The molecule has 1 saturated heterocycles. The Bertz CT molecular complexity index is 933. The fourth-order valence-electron chi connectivity index (χ4n) is 3.22. The van der Waals surface area contributed by atoms with Crippen LogP contribution in [0.5, 0.6) is 17.2 Å². The predicted octanol–water partition coefficient (Wildman–Crippen LogP) is 3.33. The van der Waals surface area contributed by atoms with Crippen molar-refractivity contribution in [1.29, 1.82) is 0 Å². The van der Waals surface area contributed by atoms with Crippen LogP contribution in [0.4, 0.5) is 4.79 Å². The third-order valence-corrected chi connectivity index (χ3v) is 5.04. The minimum Gasteiger partial charge on any atom is -0.496 e. The Morgan fingerprint density at radius 1 is 0.964 bits per heavy atom. The minimum absolute atomic E-state index is 0.0390. The molecular weight excluding hydrogens is 384 g/mol. The number of halogens is 1. The molecule has 2 aromatic rings. The molecule has 1 fully saturated rings. The van der Waals surface area contributed by atoms with E-state index < -0.39 is 11.6 Å². The molecule has 2 aromatic carbocycles. The first-order valence-corrected chi connectivity index (χ1v) is 8.91. The Morgan fingerprint density at radius 3 is 2.25 bits per heavy atom. The molecule has 148 valence electrons. The van der Waals surface area contributed by atoms with E-state index in [0.29, 0.717) is 33.4 Å². The van der Waals surface area contributed by atoms with E-state index in [9.17, 15) is 9.59 Å². The van der Waals surface area contributed by atoms with Gasteiger partial charge in [0, 0.05) is 10.6 Å². The minimum atomic E-state index is -1.23. The lowest BCUT2D eigenvalue weighted by Gasteiger charge is -2.23. The number of carbonyl (C=O) groups is 2. The van der Waals surface area contributed by atoms with Crippen LogP contribution in [0.3, 0.4) is 0 Å². The van der Waals surface area contributed by atoms with Crippen LogP contribution < -0.4 is 19.5 Å². The second-order valence-electron chi connectivity index (χ2n) is 6.47. The van der Waals surface area contributed by atoms with Gasteiger partial charge in [-0.2, -0.15) is 0 Å². The van der Waals surface area contributed by atoms with Gasteiger partial charge >= 0.3 is 6.03 Å². The highest BCUT2D eigenvalue weighted by atomic mass is 35.5. The van der Waals surface area contributed by atoms with Crippen LogP contribution in [-0.4, -0.2) is 38.2 Å². The molecule has 0 bridgehead atoms. The number of amides is 3. The summed E-state index contributed by atoms with van der Waals surface area (Å²) in [7, 11) is 4.56. The molecule has 0 saturated carbocycles. The number of carbonyl (C=O) groups excluding carboxylic acids is 2. The molecule has 8 heteroatoms. The molecule has 1 heterocycles. The van der Waals surface area contributed by atoms with Gasteiger partial charge in [-0.25, -0.2) is 4.79 Å². The van der Waals surface area contributed by atoms with E-state index in [4.69, 9.17) is 25.8 Å². The van der Waals surface area contributed by atoms with E-state index in [1.54, 1.807) is 43.3 Å². The van der Waals surface area contributed by atoms with Crippen molar-refractivity contribution in [2.24, 2.45) is 0 Å². The standard InChI is InChI=1S/C20H21ClN2O5/c1-20(13-5-7-16(27-3)17(10-13)28-4)18(24)23(19(25)22-20)11-12-9-14(21)6-8-15(12)26-2/h5-10H,11H2,1-4H3,(H,22,25). The topological polar surface area (TPSA) is 77.1 Å². The lowest BCUT2D eigenvalue weighted by molar-refractivity contribution is -0.131. The summed E-state index contributed by atoms with van der Waals surface area (Å²) in [4.78, 5) is 26.9. The molecule has 0 aliphatic carbocycles. The zero-order valence-corrected chi connectivity index (χ0v) is 16.8. The lowest BCUT2D eigenvalue weighted by atomic mass is 9.91. The van der Waals surface area contributed by atoms with Crippen LogP contribution in [-0.2, 0) is 16.9 Å². The summed E-state index contributed by atoms with van der Waals surface area (Å²) in [6, 6.07) is 9.66. The molecule has 0 spiro atoms. The molecular formula is C20H21ClN2O5. The molecule has 1 unspecified atom stereocenters. The zero-order valence-electron chi connectivity index (χ0n) is 16.0. The van der Waals surface area contributed by atoms with Crippen molar-refractivity contribution in [2.45, 2.75) is 19.0 Å². The van der Waals surface area contributed by atoms with Crippen LogP contribution in [0.25, 0.3) is 0 Å². The Hall–Kier alpha value is -2.93. The molecule has 7 nitrogen and oxygen atoms in total. The summed E-state index contributed by atoms with van der Waals surface area (Å²) in [6.45, 7) is 1.70. The molecule has 0 radical (unpaired) electrons. The Kier molecular flexibility index (Phi) is 5.38. The van der Waals surface area contributed by atoms with Crippen LogP contribution in [0, 0.1) is 0 Å². The van der Waals surface area contributed by atoms with Crippen LogP contribution in [0.1, 0.15) is 18.1 Å². The maximum Gasteiger partial charge on any atom is 0.325 e. The van der Waals surface area contributed by atoms with Crippen molar-refractivity contribution < 1.29 is 23.8 Å². The highest BCUT2D eigenvalue weighted by Crippen LogP contribution is 2.36. The summed E-state index contributed by atoms with van der Waals surface area (Å²) >= 11 is 6.06. The fourth-order valence-corrected chi connectivity index (χ4v) is 3.42. The molecule has 0 aromatic heterocycles. The Labute approximate surface area is 168 Å². The smallest absolute Gasteiger partial charge is 0.325 e. The van der Waals surface area contributed by atoms with Crippen molar-refractivity contribution in [3.63, 3.8) is 0 Å². The van der Waals surface area contributed by atoms with E-state index >= 15 is 0 Å². The molecule has 1 aliphatic rings. The van der Waals surface area contributed by atoms with Crippen molar-refractivity contribution >= 4 is 23.5 Å². The number of hydrogen-bond donors (Lipinski definition) is 1. The Balaban J connectivity index is 1.94. The first kappa shape index (κ1) is 19.8. The first-order chi connectivity index (χ1) is 13.3. The molecule has 1 N–H and O–H groups in total. The van der Waals surface area contributed by atoms with Crippen LogP contribution >= 0.6 is 11.6 Å². The highest BCUT2D eigenvalue weighted by Gasteiger charge is 2.49. The quantitative estimate of drug-likeness (QED) is 0.747. The number of hydrogen-bond acceptors (Lipinski definition) is 5. The molecule has 3 amide bonds. The van der Waals surface area contributed by atoms with E-state index in [1.165, 1.54) is 21.3 Å². The third kappa shape index (κ3) is 3.33. The summed E-state index contributed by atoms with van der Waals surface area (Å²) in [5.74, 6) is 1.17. The van der Waals surface area contributed by atoms with Gasteiger partial charge in [-0.15, -0.1) is 0 Å². The fraction of sp³-hybridized carbons (Fsp3) is 0.300. The molecule has 28 heavy (non-hydrogen) atoms. The van der Waals surface area contributed by atoms with E-state index in [2.05, 4.69) is 5.32 Å². The van der Waals surface area contributed by atoms with Crippen molar-refractivity contribution in [1.82, 2.24) is 10.2 Å². The molecule has 1 aliphatic heterocycles. The van der Waals surface area contributed by atoms with E-state index in [-0.39, 0.29) is 12.5 Å². The number of rotatable bonds is 6. The van der Waals surface area contributed by atoms with Crippen molar-refractivity contribution in [2.75, 3.05) is 21.3 Å². The van der Waals surface area contributed by atoms with Gasteiger partial charge in [0.25, 0.3) is 5.91 Å². The normalized spacial score (nSPS) is 18.8. The maximum absolute atomic E-state index is 13.2.